The third-order valence-corrected chi connectivity index (χ3v) is 6.06. The lowest BCUT2D eigenvalue weighted by atomic mass is 10.2. The fraction of sp³-hybridized carbons (Fsp3) is 0.562. The first kappa shape index (κ1) is 18.9. The maximum Gasteiger partial charge on any atom is 0.250 e. The van der Waals surface area contributed by atoms with Gasteiger partial charge in [0.2, 0.25) is 10.0 Å². The third kappa shape index (κ3) is 4.54. The van der Waals surface area contributed by atoms with Gasteiger partial charge in [0.15, 0.2) is 0 Å². The topological polar surface area (TPSA) is 87.7 Å². The van der Waals surface area contributed by atoms with Gasteiger partial charge in [-0.05, 0) is 31.5 Å². The summed E-state index contributed by atoms with van der Waals surface area (Å²) in [5.74, 6) is -0.168. The van der Waals surface area contributed by atoms with Gasteiger partial charge in [0.1, 0.15) is 6.10 Å². The van der Waals surface area contributed by atoms with Crippen LogP contribution >= 0.6 is 0 Å². The summed E-state index contributed by atoms with van der Waals surface area (Å²) >= 11 is 0. The van der Waals surface area contributed by atoms with Crippen LogP contribution in [0.2, 0.25) is 0 Å². The van der Waals surface area contributed by atoms with Crippen molar-refractivity contribution >= 4 is 15.9 Å². The van der Waals surface area contributed by atoms with Crippen LogP contribution in [-0.2, 0) is 26.1 Å². The Kier molecular flexibility index (Phi) is 6.34. The molecule has 0 spiro atoms. The Labute approximate surface area is 143 Å². The number of hydrogen-bond acceptors (Lipinski definition) is 5. The molecule has 1 aliphatic heterocycles. The second-order valence-electron chi connectivity index (χ2n) is 6.04. The predicted octanol–water partition coefficient (Wildman–Crippen LogP) is 0.320. The Morgan fingerprint density at radius 3 is 2.58 bits per heavy atom. The van der Waals surface area contributed by atoms with Crippen LogP contribution in [0.15, 0.2) is 29.2 Å². The van der Waals surface area contributed by atoms with E-state index in [-0.39, 0.29) is 16.8 Å². The SMILES string of the molecule is CC(C)N(C)S(=O)(=O)c1ccc(CNC(=O)C2CNCCO2)cc1. The van der Waals surface area contributed by atoms with Crippen LogP contribution in [-0.4, -0.2) is 57.5 Å². The van der Waals surface area contributed by atoms with Gasteiger partial charge >= 0.3 is 0 Å². The van der Waals surface area contributed by atoms with Gasteiger partial charge in [-0.2, -0.15) is 4.31 Å². The number of nitrogens with zero attached hydrogens (tertiary/aromatic N) is 1. The average Bonchev–Trinajstić information content (AvgIpc) is 2.60. The zero-order chi connectivity index (χ0) is 17.7. The van der Waals surface area contributed by atoms with E-state index in [0.717, 1.165) is 12.1 Å². The average molecular weight is 355 g/mol. The third-order valence-electron chi connectivity index (χ3n) is 4.01. The van der Waals surface area contributed by atoms with Gasteiger partial charge in [0, 0.05) is 32.7 Å². The fourth-order valence-electron chi connectivity index (χ4n) is 2.26. The molecule has 1 amide bonds. The van der Waals surface area contributed by atoms with Crippen molar-refractivity contribution in [2.75, 3.05) is 26.7 Å². The van der Waals surface area contributed by atoms with Gasteiger partial charge in [-0.25, -0.2) is 8.42 Å². The minimum Gasteiger partial charge on any atom is -0.366 e. The zero-order valence-corrected chi connectivity index (χ0v) is 15.1. The van der Waals surface area contributed by atoms with Crippen LogP contribution in [0.5, 0.6) is 0 Å². The molecule has 7 nitrogen and oxygen atoms in total. The first-order chi connectivity index (χ1) is 11.3. The van der Waals surface area contributed by atoms with Gasteiger partial charge in [0.25, 0.3) is 5.91 Å². The summed E-state index contributed by atoms with van der Waals surface area (Å²) < 4.78 is 31.5. The van der Waals surface area contributed by atoms with Gasteiger partial charge in [-0.3, -0.25) is 4.79 Å². The van der Waals surface area contributed by atoms with Crippen LogP contribution < -0.4 is 10.6 Å². The Morgan fingerprint density at radius 2 is 2.04 bits per heavy atom. The maximum atomic E-state index is 12.4. The smallest absolute Gasteiger partial charge is 0.250 e. The highest BCUT2D eigenvalue weighted by Crippen LogP contribution is 2.17. The van der Waals surface area contributed by atoms with E-state index in [1.54, 1.807) is 31.3 Å². The molecule has 24 heavy (non-hydrogen) atoms. The molecule has 0 bridgehead atoms. The molecule has 1 unspecified atom stereocenters. The lowest BCUT2D eigenvalue weighted by Gasteiger charge is -2.23. The lowest BCUT2D eigenvalue weighted by molar-refractivity contribution is -0.134. The van der Waals surface area contributed by atoms with Crippen LogP contribution in [0.1, 0.15) is 19.4 Å². The summed E-state index contributed by atoms with van der Waals surface area (Å²) in [6.07, 6.45) is -0.474. The second-order valence-corrected chi connectivity index (χ2v) is 8.04. The van der Waals surface area contributed by atoms with Crippen LogP contribution in [0.4, 0.5) is 0 Å². The minimum absolute atomic E-state index is 0.113. The van der Waals surface area contributed by atoms with Crippen LogP contribution in [0, 0.1) is 0 Å². The number of amides is 1. The Hall–Kier alpha value is -1.48. The molecule has 0 aromatic heterocycles. The lowest BCUT2D eigenvalue weighted by Crippen LogP contribution is -2.47. The minimum atomic E-state index is -3.49. The van der Waals surface area contributed by atoms with Crippen molar-refractivity contribution in [1.29, 1.82) is 0 Å². The number of morpholine rings is 1. The van der Waals surface area contributed by atoms with E-state index in [1.807, 2.05) is 13.8 Å². The van der Waals surface area contributed by atoms with Gasteiger partial charge in [-0.1, -0.05) is 12.1 Å². The van der Waals surface area contributed by atoms with E-state index in [1.165, 1.54) is 4.31 Å². The highest BCUT2D eigenvalue weighted by molar-refractivity contribution is 7.89. The Balaban J connectivity index is 1.96. The molecule has 0 aliphatic carbocycles. The fourth-order valence-corrected chi connectivity index (χ4v) is 3.63. The summed E-state index contributed by atoms with van der Waals surface area (Å²) in [4.78, 5) is 12.2. The molecule has 1 saturated heterocycles. The van der Waals surface area contributed by atoms with E-state index in [2.05, 4.69) is 10.6 Å². The Morgan fingerprint density at radius 1 is 1.38 bits per heavy atom. The molecular weight excluding hydrogens is 330 g/mol. The summed E-state index contributed by atoms with van der Waals surface area (Å²) in [5.41, 5.74) is 0.832. The molecular formula is C16H25N3O4S. The maximum absolute atomic E-state index is 12.4. The van der Waals surface area contributed by atoms with Crippen molar-refractivity contribution in [2.45, 2.75) is 37.4 Å². The summed E-state index contributed by atoms with van der Waals surface area (Å²) in [5, 5.41) is 5.90. The zero-order valence-electron chi connectivity index (χ0n) is 14.3. The number of rotatable bonds is 6. The van der Waals surface area contributed by atoms with E-state index < -0.39 is 16.1 Å². The molecule has 1 aromatic rings. The van der Waals surface area contributed by atoms with Crippen molar-refractivity contribution < 1.29 is 17.9 Å². The molecule has 134 valence electrons. The Bertz CT molecular complexity index is 652. The number of ether oxygens (including phenoxy) is 1. The number of carbonyl (C=O) groups excluding carboxylic acids is 1. The van der Waals surface area contributed by atoms with Crippen LogP contribution in [0.25, 0.3) is 0 Å². The molecule has 2 rings (SSSR count). The van der Waals surface area contributed by atoms with Gasteiger partial charge < -0.3 is 15.4 Å². The van der Waals surface area contributed by atoms with Gasteiger partial charge in [-0.15, -0.1) is 0 Å². The van der Waals surface area contributed by atoms with Crippen molar-refractivity contribution in [3.05, 3.63) is 29.8 Å². The molecule has 1 aliphatic rings. The molecule has 1 heterocycles. The predicted molar refractivity (Wildman–Crippen MR) is 91.0 cm³/mol. The van der Waals surface area contributed by atoms with Crippen LogP contribution in [0.3, 0.4) is 0 Å². The number of nitrogens with one attached hydrogen (secondary N) is 2. The number of hydrogen-bond donors (Lipinski definition) is 2. The second kappa shape index (κ2) is 8.06. The number of benzene rings is 1. The molecule has 1 aromatic carbocycles. The van der Waals surface area contributed by atoms with Crippen molar-refractivity contribution in [1.82, 2.24) is 14.9 Å². The summed E-state index contributed by atoms with van der Waals surface area (Å²) in [6.45, 7) is 5.76. The normalized spacial score (nSPS) is 18.8. The van der Waals surface area contributed by atoms with Crippen molar-refractivity contribution in [3.63, 3.8) is 0 Å². The molecule has 1 atom stereocenters. The first-order valence-electron chi connectivity index (χ1n) is 7.99. The monoisotopic (exact) mass is 355 g/mol. The number of carbonyl (C=O) groups is 1. The standard InChI is InChI=1S/C16H25N3O4S/c1-12(2)19(3)24(21,22)14-6-4-13(5-7-14)10-18-16(20)15-11-17-8-9-23-15/h4-7,12,15,17H,8-11H2,1-3H3,(H,18,20). The highest BCUT2D eigenvalue weighted by Gasteiger charge is 2.23. The van der Waals surface area contributed by atoms with Crippen molar-refractivity contribution in [2.24, 2.45) is 0 Å². The van der Waals surface area contributed by atoms with Gasteiger partial charge in [0.05, 0.1) is 11.5 Å². The summed E-state index contributed by atoms with van der Waals surface area (Å²) in [6, 6.07) is 6.43. The van der Waals surface area contributed by atoms with E-state index in [4.69, 9.17) is 4.74 Å². The molecule has 0 saturated carbocycles. The summed E-state index contributed by atoms with van der Waals surface area (Å²) in [7, 11) is -1.92. The molecule has 8 heteroatoms. The van der Waals surface area contributed by atoms with E-state index in [0.29, 0.717) is 19.7 Å². The number of sulfonamides is 1. The van der Waals surface area contributed by atoms with E-state index in [9.17, 15) is 13.2 Å². The molecule has 2 N–H and O–H groups in total. The van der Waals surface area contributed by atoms with E-state index >= 15 is 0 Å². The molecule has 0 radical (unpaired) electrons. The quantitative estimate of drug-likeness (QED) is 0.767. The first-order valence-corrected chi connectivity index (χ1v) is 9.43. The molecule has 1 fully saturated rings. The van der Waals surface area contributed by atoms with Crippen molar-refractivity contribution in [3.8, 4) is 0 Å². The largest absolute Gasteiger partial charge is 0.366 e. The highest BCUT2D eigenvalue weighted by atomic mass is 32.2.